The first-order valence-electron chi connectivity index (χ1n) is 23.1. The summed E-state index contributed by atoms with van der Waals surface area (Å²) in [5, 5.41) is 2.11. The Morgan fingerprint density at radius 1 is 0.613 bits per heavy atom. The Balaban J connectivity index is 1.07. The number of carbonyl (C=O) groups excluding carboxylic acids is 2. The summed E-state index contributed by atoms with van der Waals surface area (Å²) in [4.78, 5) is 45.0. The Kier molecular flexibility index (Phi) is 9.99. The quantitative estimate of drug-likeness (QED) is 0.135. The van der Waals surface area contributed by atoms with E-state index in [-0.39, 0.29) is 23.7 Å². The standard InChI is InChI=1S/C54H56N4O4/c1-5-33-29-57-23-19-35(33)27-45(57)53(39-17-21-55-43-13-11-31(3)25-41(39)43)61-47-15-16-48(50-49(47)51(59)37-9-7-8-10-38(37)52(50)60)62-54(46-28-36-20-24-58(46)30-34(36)6-2)40-18-22-56-44-14-12-32(4)26-42(40)44/h7-18,21-22,25-26,33-36,45-46,53-54H,5-6,19-20,23-24,27-30H2,1-4H3/t33?,34?,35-,36?,45+,46+,53-,54-/m1/s1. The van der Waals surface area contributed by atoms with Crippen LogP contribution >= 0.6 is 0 Å². The van der Waals surface area contributed by atoms with Gasteiger partial charge in [-0.05, 0) is 125 Å². The highest BCUT2D eigenvalue weighted by Gasteiger charge is 2.47. The Hall–Kier alpha value is -5.44. The van der Waals surface area contributed by atoms with Crippen molar-refractivity contribution in [3.63, 3.8) is 0 Å². The zero-order valence-corrected chi connectivity index (χ0v) is 36.3. The summed E-state index contributed by atoms with van der Waals surface area (Å²) in [5.41, 5.74) is 7.62. The molecular weight excluding hydrogens is 769 g/mol. The SMILES string of the molecule is CCC1CN2CCC1C[C@H]2[C@H](Oc1ccc(O[C@H](c2ccnc3ccc(C)cc23)[C@@H]2C[C@H]3CCN2CC3CC)c2c1C(=O)c1ccccc1C2=O)c1ccnc2ccc(C)cc12. The first-order valence-corrected chi connectivity index (χ1v) is 23.1. The van der Waals surface area contributed by atoms with Crippen LogP contribution in [0.1, 0.15) is 119 Å². The molecule has 6 saturated heterocycles. The van der Waals surface area contributed by atoms with Gasteiger partial charge >= 0.3 is 0 Å². The van der Waals surface area contributed by atoms with Gasteiger partial charge in [-0.15, -0.1) is 0 Å². The van der Waals surface area contributed by atoms with Gasteiger partial charge in [-0.3, -0.25) is 29.4 Å². The summed E-state index contributed by atoms with van der Waals surface area (Å²) in [7, 11) is 0. The third kappa shape index (κ3) is 6.55. The first-order chi connectivity index (χ1) is 30.3. The molecule has 0 spiro atoms. The first kappa shape index (κ1) is 39.4. The molecule has 0 N–H and O–H groups in total. The molecule has 2 aromatic heterocycles. The number of nitrogens with zero attached hydrogens (tertiary/aromatic N) is 4. The fourth-order valence-electron chi connectivity index (χ4n) is 12.3. The second-order valence-corrected chi connectivity index (χ2v) is 19.0. The van der Waals surface area contributed by atoms with Gasteiger partial charge in [-0.2, -0.15) is 0 Å². The number of carbonyl (C=O) groups is 2. The minimum atomic E-state index is -0.407. The molecular formula is C54H56N4O4. The molecule has 1 aliphatic carbocycles. The third-order valence-corrected chi connectivity index (χ3v) is 15.6. The predicted molar refractivity (Wildman–Crippen MR) is 243 cm³/mol. The lowest BCUT2D eigenvalue weighted by Crippen LogP contribution is -2.56. The van der Waals surface area contributed by atoms with Crippen molar-refractivity contribution in [2.24, 2.45) is 23.7 Å². The summed E-state index contributed by atoms with van der Waals surface area (Å²) in [6.45, 7) is 13.0. The molecule has 316 valence electrons. The van der Waals surface area contributed by atoms with E-state index >= 15 is 9.59 Å². The van der Waals surface area contributed by atoms with Crippen LogP contribution in [-0.2, 0) is 0 Å². The van der Waals surface area contributed by atoms with Crippen LogP contribution in [-0.4, -0.2) is 69.6 Å². The number of piperidine rings is 6. The Labute approximate surface area is 364 Å². The van der Waals surface area contributed by atoms with E-state index < -0.39 is 12.2 Å². The van der Waals surface area contributed by atoms with E-state index in [1.807, 2.05) is 36.7 Å². The van der Waals surface area contributed by atoms with E-state index in [1.165, 1.54) is 12.8 Å². The van der Waals surface area contributed by atoms with Crippen molar-refractivity contribution in [1.29, 1.82) is 0 Å². The van der Waals surface area contributed by atoms with Crippen LogP contribution in [0.3, 0.4) is 0 Å². The zero-order chi connectivity index (χ0) is 42.2. The molecule has 62 heavy (non-hydrogen) atoms. The molecule has 10 atom stereocenters. The van der Waals surface area contributed by atoms with E-state index in [1.54, 1.807) is 12.1 Å². The fourth-order valence-corrected chi connectivity index (χ4v) is 12.3. The number of pyridine rings is 2. The van der Waals surface area contributed by atoms with Gasteiger partial charge in [-0.1, -0.05) is 74.2 Å². The van der Waals surface area contributed by atoms with E-state index in [0.717, 1.165) is 95.9 Å². The number of hydrogen-bond donors (Lipinski definition) is 0. The van der Waals surface area contributed by atoms with Crippen LogP contribution in [0.15, 0.2) is 97.3 Å². The molecule has 13 rings (SSSR count). The van der Waals surface area contributed by atoms with Crippen LogP contribution in [0, 0.1) is 37.5 Å². The van der Waals surface area contributed by atoms with E-state index in [2.05, 4.69) is 86.0 Å². The van der Waals surface area contributed by atoms with Crippen molar-refractivity contribution < 1.29 is 19.1 Å². The summed E-state index contributed by atoms with van der Waals surface area (Å²) in [6.07, 6.45) is 9.68. The summed E-state index contributed by atoms with van der Waals surface area (Å²) >= 11 is 0. The van der Waals surface area contributed by atoms with Crippen LogP contribution in [0.5, 0.6) is 11.5 Å². The lowest BCUT2D eigenvalue weighted by Gasteiger charge is -2.52. The molecule has 6 aromatic rings. The highest BCUT2D eigenvalue weighted by Crippen LogP contribution is 2.49. The van der Waals surface area contributed by atoms with E-state index in [0.29, 0.717) is 57.4 Å². The maximum atomic E-state index is 15.1. The highest BCUT2D eigenvalue weighted by atomic mass is 16.5. The average Bonchev–Trinajstić information content (AvgIpc) is 3.31. The molecule has 4 aromatic carbocycles. The summed E-state index contributed by atoms with van der Waals surface area (Å²) in [6, 6.07) is 28.2. The molecule has 6 aliphatic heterocycles. The minimum Gasteiger partial charge on any atom is -0.483 e. The van der Waals surface area contributed by atoms with Crippen LogP contribution in [0.25, 0.3) is 21.8 Å². The average molecular weight is 825 g/mol. The topological polar surface area (TPSA) is 84.9 Å². The number of fused-ring (bicyclic) bond motifs is 10. The molecule has 8 nitrogen and oxygen atoms in total. The maximum Gasteiger partial charge on any atom is 0.198 e. The highest BCUT2D eigenvalue weighted by molar-refractivity contribution is 6.30. The third-order valence-electron chi connectivity index (χ3n) is 15.6. The van der Waals surface area contributed by atoms with Gasteiger partial charge in [0, 0.05) is 58.5 Å². The number of ether oxygens (including phenoxy) is 2. The maximum absolute atomic E-state index is 15.1. The fraction of sp³-hybridized carbons (Fsp3) is 0.407. The Bertz CT molecular complexity index is 2560. The van der Waals surface area contributed by atoms with Gasteiger partial charge in [0.05, 0.1) is 34.2 Å². The van der Waals surface area contributed by atoms with E-state index in [9.17, 15) is 0 Å². The van der Waals surface area contributed by atoms with Gasteiger partial charge in [0.15, 0.2) is 11.6 Å². The molecule has 8 heterocycles. The molecule has 5 unspecified atom stereocenters. The van der Waals surface area contributed by atoms with Crippen molar-refractivity contribution in [1.82, 2.24) is 19.8 Å². The summed E-state index contributed by atoms with van der Waals surface area (Å²) in [5.74, 6) is 2.96. The molecule has 0 saturated carbocycles. The Morgan fingerprint density at radius 2 is 1.06 bits per heavy atom. The van der Waals surface area contributed by atoms with E-state index in [4.69, 9.17) is 19.4 Å². The second-order valence-electron chi connectivity index (χ2n) is 19.0. The molecule has 0 radical (unpaired) electrons. The van der Waals surface area contributed by atoms with Gasteiger partial charge in [0.1, 0.15) is 23.7 Å². The minimum absolute atomic E-state index is 0.0893. The molecule has 6 fully saturated rings. The number of benzene rings is 4. The predicted octanol–water partition coefficient (Wildman–Crippen LogP) is 10.7. The molecule has 0 amide bonds. The number of aryl methyl sites for hydroxylation is 2. The number of rotatable bonds is 10. The van der Waals surface area contributed by atoms with Gasteiger partial charge in [0.25, 0.3) is 0 Å². The van der Waals surface area contributed by atoms with Gasteiger partial charge in [0.2, 0.25) is 0 Å². The lowest BCUT2D eigenvalue weighted by atomic mass is 9.72. The van der Waals surface area contributed by atoms with Crippen molar-refractivity contribution in [2.75, 3.05) is 26.2 Å². The molecule has 7 aliphatic rings. The van der Waals surface area contributed by atoms with Crippen LogP contribution < -0.4 is 9.47 Å². The lowest BCUT2D eigenvalue weighted by molar-refractivity contribution is -0.0493. The monoisotopic (exact) mass is 824 g/mol. The Morgan fingerprint density at radius 3 is 1.47 bits per heavy atom. The number of aromatic nitrogens is 2. The molecule has 8 heteroatoms. The van der Waals surface area contributed by atoms with Crippen molar-refractivity contribution in [2.45, 2.75) is 90.5 Å². The second kappa shape index (κ2) is 15.7. The van der Waals surface area contributed by atoms with Gasteiger partial charge in [-0.25, -0.2) is 0 Å². The van der Waals surface area contributed by atoms with Crippen molar-refractivity contribution in [3.05, 3.63) is 142 Å². The molecule has 4 bridgehead atoms. The summed E-state index contributed by atoms with van der Waals surface area (Å²) < 4.78 is 14.8. The number of ketones is 2. The van der Waals surface area contributed by atoms with Crippen LogP contribution in [0.4, 0.5) is 0 Å². The normalized spacial score (nSPS) is 27.2. The number of hydrogen-bond acceptors (Lipinski definition) is 8. The van der Waals surface area contributed by atoms with Crippen molar-refractivity contribution in [3.8, 4) is 11.5 Å². The van der Waals surface area contributed by atoms with Crippen molar-refractivity contribution >= 4 is 33.4 Å². The smallest absolute Gasteiger partial charge is 0.198 e. The van der Waals surface area contributed by atoms with Crippen LogP contribution in [0.2, 0.25) is 0 Å². The largest absolute Gasteiger partial charge is 0.483 e. The van der Waals surface area contributed by atoms with Gasteiger partial charge < -0.3 is 9.47 Å². The zero-order valence-electron chi connectivity index (χ0n) is 36.3.